The summed E-state index contributed by atoms with van der Waals surface area (Å²) in [5.41, 5.74) is 4.74. The Morgan fingerprint density at radius 2 is 1.82 bits per heavy atom. The van der Waals surface area contributed by atoms with Crippen molar-refractivity contribution < 1.29 is 4.79 Å². The van der Waals surface area contributed by atoms with Gasteiger partial charge in [0.2, 0.25) is 5.65 Å². The number of fused-ring (bicyclic) bond motifs is 1. The first kappa shape index (κ1) is 22.3. The second kappa shape index (κ2) is 9.68. The van der Waals surface area contributed by atoms with Crippen LogP contribution in [0.15, 0.2) is 60.9 Å². The summed E-state index contributed by atoms with van der Waals surface area (Å²) >= 11 is 0. The molecule has 4 rings (SSSR count). The van der Waals surface area contributed by atoms with Crippen LogP contribution in [-0.2, 0) is 6.54 Å². The summed E-state index contributed by atoms with van der Waals surface area (Å²) in [5, 5.41) is 14.1. The molecule has 0 aliphatic rings. The minimum Gasteiger partial charge on any atom is -0.383 e. The highest BCUT2D eigenvalue weighted by molar-refractivity contribution is 6.04. The van der Waals surface area contributed by atoms with Crippen molar-refractivity contribution in [1.82, 2.24) is 19.7 Å². The molecule has 4 aromatic rings. The molecule has 33 heavy (non-hydrogen) atoms. The molecule has 0 spiro atoms. The van der Waals surface area contributed by atoms with E-state index in [4.69, 9.17) is 0 Å². The molecule has 1 atom stereocenters. The number of benzene rings is 2. The molecule has 8 nitrogen and oxygen atoms in total. The standard InChI is InChI=1S/C25H29N7O/c1-5-32-15-22-24(31-32)30-23(14-26-22)28-17(4)19-7-6-8-21(13-19)29-25(33)18-9-11-20(12-10-18)27-16(2)3/h6-17,27H,5H2,1-4H3,(H,29,33)(H,28,30,31)/t17-/m0/s1. The largest absolute Gasteiger partial charge is 0.383 e. The molecule has 0 aliphatic carbocycles. The van der Waals surface area contributed by atoms with Gasteiger partial charge in [0.15, 0.2) is 0 Å². The van der Waals surface area contributed by atoms with Crippen LogP contribution >= 0.6 is 0 Å². The lowest BCUT2D eigenvalue weighted by molar-refractivity contribution is 0.102. The fraction of sp³-hybridized carbons (Fsp3) is 0.280. The number of carbonyl (C=O) groups excluding carboxylic acids is 1. The van der Waals surface area contributed by atoms with Gasteiger partial charge in [-0.15, -0.1) is 0 Å². The molecule has 1 amide bonds. The van der Waals surface area contributed by atoms with Crippen molar-refractivity contribution in [3.63, 3.8) is 0 Å². The molecule has 0 saturated heterocycles. The van der Waals surface area contributed by atoms with Crippen LogP contribution in [0.25, 0.3) is 11.2 Å². The van der Waals surface area contributed by atoms with Gasteiger partial charge in [-0.1, -0.05) is 12.1 Å². The fourth-order valence-electron chi connectivity index (χ4n) is 3.52. The maximum atomic E-state index is 12.7. The van der Waals surface area contributed by atoms with E-state index in [2.05, 4.69) is 44.9 Å². The van der Waals surface area contributed by atoms with Gasteiger partial charge in [0.25, 0.3) is 5.91 Å². The highest BCUT2D eigenvalue weighted by Crippen LogP contribution is 2.22. The summed E-state index contributed by atoms with van der Waals surface area (Å²) in [4.78, 5) is 21.7. The molecule has 2 heterocycles. The van der Waals surface area contributed by atoms with E-state index in [0.717, 1.165) is 29.0 Å². The lowest BCUT2D eigenvalue weighted by Gasteiger charge is -2.16. The molecule has 0 radical (unpaired) electrons. The molecule has 0 aliphatic heterocycles. The summed E-state index contributed by atoms with van der Waals surface area (Å²) in [6.45, 7) is 8.99. The normalized spacial score (nSPS) is 12.0. The number of hydrogen-bond donors (Lipinski definition) is 3. The maximum Gasteiger partial charge on any atom is 0.255 e. The van der Waals surface area contributed by atoms with Crippen molar-refractivity contribution in [2.24, 2.45) is 0 Å². The molecule has 3 N–H and O–H groups in total. The van der Waals surface area contributed by atoms with Crippen molar-refractivity contribution in [3.05, 3.63) is 72.1 Å². The summed E-state index contributed by atoms with van der Waals surface area (Å²) in [7, 11) is 0. The zero-order valence-corrected chi connectivity index (χ0v) is 19.3. The quantitative estimate of drug-likeness (QED) is 0.351. The second-order valence-corrected chi connectivity index (χ2v) is 8.27. The van der Waals surface area contributed by atoms with Gasteiger partial charge in [0.1, 0.15) is 11.3 Å². The van der Waals surface area contributed by atoms with Gasteiger partial charge in [0.05, 0.1) is 18.4 Å². The number of nitrogens with zero attached hydrogens (tertiary/aromatic N) is 4. The molecule has 2 aromatic heterocycles. The van der Waals surface area contributed by atoms with E-state index in [0.29, 0.717) is 23.1 Å². The first-order valence-electron chi connectivity index (χ1n) is 11.2. The van der Waals surface area contributed by atoms with E-state index in [1.807, 2.05) is 73.3 Å². The molecule has 170 valence electrons. The zero-order chi connectivity index (χ0) is 23.4. The van der Waals surface area contributed by atoms with Crippen LogP contribution in [0.4, 0.5) is 17.2 Å². The van der Waals surface area contributed by atoms with E-state index < -0.39 is 0 Å². The van der Waals surface area contributed by atoms with E-state index in [9.17, 15) is 4.79 Å². The van der Waals surface area contributed by atoms with Gasteiger partial charge in [0, 0.05) is 29.5 Å². The van der Waals surface area contributed by atoms with Crippen LogP contribution < -0.4 is 16.0 Å². The molecule has 0 bridgehead atoms. The molecule has 8 heteroatoms. The van der Waals surface area contributed by atoms with Gasteiger partial charge < -0.3 is 16.0 Å². The Hall–Kier alpha value is -3.94. The van der Waals surface area contributed by atoms with E-state index in [1.54, 1.807) is 6.20 Å². The second-order valence-electron chi connectivity index (χ2n) is 8.27. The minimum atomic E-state index is -0.147. The fourth-order valence-corrected chi connectivity index (χ4v) is 3.52. The van der Waals surface area contributed by atoms with Crippen LogP contribution in [0.5, 0.6) is 0 Å². The first-order valence-corrected chi connectivity index (χ1v) is 11.2. The number of aromatic nitrogens is 4. The van der Waals surface area contributed by atoms with Crippen molar-refractivity contribution >= 4 is 34.3 Å². The first-order chi connectivity index (χ1) is 15.9. The Labute approximate surface area is 193 Å². The molecule has 0 unspecified atom stereocenters. The average Bonchev–Trinajstić information content (AvgIpc) is 3.22. The van der Waals surface area contributed by atoms with Crippen molar-refractivity contribution in [1.29, 1.82) is 0 Å². The van der Waals surface area contributed by atoms with Crippen molar-refractivity contribution in [2.75, 3.05) is 16.0 Å². The van der Waals surface area contributed by atoms with Crippen molar-refractivity contribution in [3.8, 4) is 0 Å². The van der Waals surface area contributed by atoms with E-state index in [1.165, 1.54) is 0 Å². The summed E-state index contributed by atoms with van der Waals surface area (Å²) in [6.07, 6.45) is 3.60. The minimum absolute atomic E-state index is 0.0387. The van der Waals surface area contributed by atoms with E-state index in [-0.39, 0.29) is 11.9 Å². The number of anilines is 3. The van der Waals surface area contributed by atoms with Gasteiger partial charge in [-0.2, -0.15) is 5.10 Å². The average molecular weight is 444 g/mol. The van der Waals surface area contributed by atoms with Crippen LogP contribution in [0.1, 0.15) is 49.7 Å². The highest BCUT2D eigenvalue weighted by Gasteiger charge is 2.11. The lowest BCUT2D eigenvalue weighted by atomic mass is 10.1. The topological polar surface area (TPSA) is 96.8 Å². The van der Waals surface area contributed by atoms with Gasteiger partial charge in [-0.3, -0.25) is 9.48 Å². The Bertz CT molecular complexity index is 1250. The third-order valence-corrected chi connectivity index (χ3v) is 5.21. The zero-order valence-electron chi connectivity index (χ0n) is 19.3. The van der Waals surface area contributed by atoms with Gasteiger partial charge in [-0.25, -0.2) is 9.97 Å². The summed E-state index contributed by atoms with van der Waals surface area (Å²) in [5.74, 6) is 0.507. The van der Waals surface area contributed by atoms with Crippen LogP contribution in [-0.4, -0.2) is 31.7 Å². The summed E-state index contributed by atoms with van der Waals surface area (Å²) < 4.78 is 1.82. The monoisotopic (exact) mass is 443 g/mol. The summed E-state index contributed by atoms with van der Waals surface area (Å²) in [6, 6.07) is 15.6. The van der Waals surface area contributed by atoms with Gasteiger partial charge in [-0.05, 0) is 69.7 Å². The van der Waals surface area contributed by atoms with Crippen LogP contribution in [0.3, 0.4) is 0 Å². The highest BCUT2D eigenvalue weighted by atomic mass is 16.1. The Balaban J connectivity index is 1.43. The lowest BCUT2D eigenvalue weighted by Crippen LogP contribution is -2.14. The Morgan fingerprint density at radius 3 is 2.55 bits per heavy atom. The molecular formula is C25H29N7O. The third-order valence-electron chi connectivity index (χ3n) is 5.21. The van der Waals surface area contributed by atoms with Crippen LogP contribution in [0.2, 0.25) is 0 Å². The van der Waals surface area contributed by atoms with Crippen LogP contribution in [0, 0.1) is 0 Å². The molecule has 0 saturated carbocycles. The number of hydrogen-bond acceptors (Lipinski definition) is 6. The molecule has 2 aromatic carbocycles. The maximum absolute atomic E-state index is 12.7. The third kappa shape index (κ3) is 5.46. The Kier molecular flexibility index (Phi) is 6.53. The van der Waals surface area contributed by atoms with Crippen molar-refractivity contribution in [2.45, 2.75) is 46.3 Å². The predicted octanol–water partition coefficient (Wildman–Crippen LogP) is 5.09. The van der Waals surface area contributed by atoms with E-state index >= 15 is 0 Å². The number of amides is 1. The SMILES string of the molecule is CCn1cc2ncc(N[C@@H](C)c3cccc(NC(=O)c4ccc(NC(C)C)cc4)c3)nc2n1. The molecule has 0 fully saturated rings. The number of carbonyl (C=O) groups is 1. The number of nitrogens with one attached hydrogen (secondary N) is 3. The predicted molar refractivity (Wildman–Crippen MR) is 133 cm³/mol. The molecular weight excluding hydrogens is 414 g/mol. The smallest absolute Gasteiger partial charge is 0.255 e. The Morgan fingerprint density at radius 1 is 1.03 bits per heavy atom. The number of rotatable bonds is 8. The van der Waals surface area contributed by atoms with Gasteiger partial charge >= 0.3 is 0 Å². The number of aryl methyl sites for hydroxylation is 1.